The van der Waals surface area contributed by atoms with E-state index in [2.05, 4.69) is 5.32 Å². The molecule has 1 N–H and O–H groups in total. The number of hydrogen-bond donors (Lipinski definition) is 1. The standard InChI is InChI=1S/C27H39N3O5S/c1-6-18-28-27(32)22(4)29(20-23-12-9-8-11-21(23)3)26(31)13-10-19-30(36(5,33)34)24-14-16-25(17-15-24)35-7-2/h8-9,11-12,14-17,22H,6-7,10,13,18-20H2,1-5H3,(H,28,32). The first-order valence-electron chi connectivity index (χ1n) is 12.4. The van der Waals surface area contributed by atoms with Crippen molar-refractivity contribution in [3.8, 4) is 5.75 Å². The van der Waals surface area contributed by atoms with Gasteiger partial charge in [-0.3, -0.25) is 13.9 Å². The number of sulfonamides is 1. The lowest BCUT2D eigenvalue weighted by Gasteiger charge is -2.30. The topological polar surface area (TPSA) is 96.0 Å². The molecule has 0 saturated carbocycles. The fourth-order valence-electron chi connectivity index (χ4n) is 3.83. The molecule has 2 aromatic rings. The van der Waals surface area contributed by atoms with Gasteiger partial charge >= 0.3 is 0 Å². The molecule has 2 amide bonds. The number of nitrogens with zero attached hydrogens (tertiary/aromatic N) is 2. The third kappa shape index (κ3) is 8.55. The van der Waals surface area contributed by atoms with Gasteiger partial charge in [0.25, 0.3) is 0 Å². The summed E-state index contributed by atoms with van der Waals surface area (Å²) in [5, 5.41) is 2.87. The molecule has 0 aliphatic heterocycles. The van der Waals surface area contributed by atoms with Crippen LogP contribution in [0.3, 0.4) is 0 Å². The Balaban J connectivity index is 2.15. The highest BCUT2D eigenvalue weighted by molar-refractivity contribution is 7.92. The van der Waals surface area contributed by atoms with Crippen molar-refractivity contribution in [2.45, 2.75) is 59.5 Å². The molecule has 2 aromatic carbocycles. The van der Waals surface area contributed by atoms with Crippen molar-refractivity contribution in [1.82, 2.24) is 10.2 Å². The highest BCUT2D eigenvalue weighted by atomic mass is 32.2. The Labute approximate surface area is 215 Å². The Morgan fingerprint density at radius 3 is 2.31 bits per heavy atom. The molecule has 0 aromatic heterocycles. The predicted octanol–water partition coefficient (Wildman–Crippen LogP) is 3.88. The van der Waals surface area contributed by atoms with Gasteiger partial charge in [0, 0.05) is 26.1 Å². The fraction of sp³-hybridized carbons (Fsp3) is 0.481. The van der Waals surface area contributed by atoms with Crippen molar-refractivity contribution >= 4 is 27.5 Å². The summed E-state index contributed by atoms with van der Waals surface area (Å²) in [4.78, 5) is 27.6. The summed E-state index contributed by atoms with van der Waals surface area (Å²) in [6.45, 7) is 9.06. The van der Waals surface area contributed by atoms with Crippen LogP contribution in [0.2, 0.25) is 0 Å². The van der Waals surface area contributed by atoms with Gasteiger partial charge in [0.1, 0.15) is 11.8 Å². The molecule has 0 radical (unpaired) electrons. The molecule has 0 bridgehead atoms. The smallest absolute Gasteiger partial charge is 0.242 e. The van der Waals surface area contributed by atoms with Gasteiger partial charge in [-0.05, 0) is 69.0 Å². The van der Waals surface area contributed by atoms with Crippen LogP contribution in [0.1, 0.15) is 51.2 Å². The van der Waals surface area contributed by atoms with E-state index in [0.29, 0.717) is 37.6 Å². The zero-order valence-corrected chi connectivity index (χ0v) is 22.8. The number of rotatable bonds is 14. The molecule has 0 saturated heterocycles. The average molecular weight is 518 g/mol. The molecule has 36 heavy (non-hydrogen) atoms. The third-order valence-corrected chi connectivity index (χ3v) is 7.10. The van der Waals surface area contributed by atoms with Gasteiger partial charge in [0.2, 0.25) is 21.8 Å². The first-order chi connectivity index (χ1) is 17.1. The number of aryl methyl sites for hydroxylation is 1. The zero-order chi connectivity index (χ0) is 26.7. The van der Waals surface area contributed by atoms with Crippen LogP contribution in [0.4, 0.5) is 5.69 Å². The van der Waals surface area contributed by atoms with Crippen molar-refractivity contribution in [3.05, 3.63) is 59.7 Å². The zero-order valence-electron chi connectivity index (χ0n) is 22.0. The van der Waals surface area contributed by atoms with Crippen molar-refractivity contribution in [1.29, 1.82) is 0 Å². The molecule has 2 rings (SSSR count). The Morgan fingerprint density at radius 1 is 1.06 bits per heavy atom. The quantitative estimate of drug-likeness (QED) is 0.410. The summed E-state index contributed by atoms with van der Waals surface area (Å²) >= 11 is 0. The summed E-state index contributed by atoms with van der Waals surface area (Å²) in [5.41, 5.74) is 2.51. The van der Waals surface area contributed by atoms with Crippen molar-refractivity contribution in [2.24, 2.45) is 0 Å². The maximum atomic E-state index is 13.3. The monoisotopic (exact) mass is 517 g/mol. The van der Waals surface area contributed by atoms with E-state index in [9.17, 15) is 18.0 Å². The maximum absolute atomic E-state index is 13.3. The van der Waals surface area contributed by atoms with Crippen molar-refractivity contribution in [3.63, 3.8) is 0 Å². The Morgan fingerprint density at radius 2 is 1.72 bits per heavy atom. The van der Waals surface area contributed by atoms with E-state index in [0.717, 1.165) is 23.8 Å². The summed E-state index contributed by atoms with van der Waals surface area (Å²) in [6.07, 6.45) is 2.37. The number of carbonyl (C=O) groups is 2. The summed E-state index contributed by atoms with van der Waals surface area (Å²) in [7, 11) is -3.55. The van der Waals surface area contributed by atoms with Crippen LogP contribution in [0.25, 0.3) is 0 Å². The lowest BCUT2D eigenvalue weighted by Crippen LogP contribution is -2.48. The SMILES string of the molecule is CCCNC(=O)C(C)N(Cc1ccccc1C)C(=O)CCCN(c1ccc(OCC)cc1)S(C)(=O)=O. The van der Waals surface area contributed by atoms with Crippen molar-refractivity contribution in [2.75, 3.05) is 30.3 Å². The Kier molecular flexibility index (Phi) is 11.2. The van der Waals surface area contributed by atoms with E-state index >= 15 is 0 Å². The fourth-order valence-corrected chi connectivity index (χ4v) is 4.79. The summed E-state index contributed by atoms with van der Waals surface area (Å²) < 4.78 is 31.7. The van der Waals surface area contributed by atoms with E-state index < -0.39 is 16.1 Å². The molecular formula is C27H39N3O5S. The van der Waals surface area contributed by atoms with Crippen LogP contribution in [0.5, 0.6) is 5.75 Å². The third-order valence-electron chi connectivity index (χ3n) is 5.91. The number of amides is 2. The molecule has 0 aliphatic carbocycles. The van der Waals surface area contributed by atoms with Gasteiger partial charge in [0.05, 0.1) is 18.6 Å². The number of nitrogens with one attached hydrogen (secondary N) is 1. The lowest BCUT2D eigenvalue weighted by molar-refractivity contribution is -0.140. The lowest BCUT2D eigenvalue weighted by atomic mass is 10.1. The van der Waals surface area contributed by atoms with Crippen LogP contribution >= 0.6 is 0 Å². The first-order valence-corrected chi connectivity index (χ1v) is 14.3. The predicted molar refractivity (Wildman–Crippen MR) is 144 cm³/mol. The molecule has 0 aliphatic rings. The van der Waals surface area contributed by atoms with Crippen molar-refractivity contribution < 1.29 is 22.7 Å². The molecule has 0 fully saturated rings. The first kappa shape index (κ1) is 29.2. The minimum Gasteiger partial charge on any atom is -0.494 e. The Bertz CT molecular complexity index is 1100. The second kappa shape index (κ2) is 13.9. The molecule has 0 spiro atoms. The number of ether oxygens (including phenoxy) is 1. The largest absolute Gasteiger partial charge is 0.494 e. The summed E-state index contributed by atoms with van der Waals surface area (Å²) in [5.74, 6) is 0.260. The van der Waals surface area contributed by atoms with Crippen LogP contribution in [0.15, 0.2) is 48.5 Å². The highest BCUT2D eigenvalue weighted by Gasteiger charge is 2.26. The molecule has 1 unspecified atom stereocenters. The number of carbonyl (C=O) groups excluding carboxylic acids is 2. The number of benzene rings is 2. The highest BCUT2D eigenvalue weighted by Crippen LogP contribution is 2.23. The normalized spacial score (nSPS) is 12.0. The average Bonchev–Trinajstić information content (AvgIpc) is 2.84. The van der Waals surface area contributed by atoms with E-state index in [4.69, 9.17) is 4.74 Å². The molecule has 9 heteroatoms. The van der Waals surface area contributed by atoms with Gasteiger partial charge in [-0.1, -0.05) is 31.2 Å². The van der Waals surface area contributed by atoms with Gasteiger partial charge in [-0.15, -0.1) is 0 Å². The Hall–Kier alpha value is -3.07. The van der Waals surface area contributed by atoms with Crippen LogP contribution < -0.4 is 14.4 Å². The number of hydrogen-bond acceptors (Lipinski definition) is 5. The molecule has 0 heterocycles. The van der Waals surface area contributed by atoms with Crippen LogP contribution in [-0.4, -0.2) is 57.1 Å². The minimum atomic E-state index is -3.55. The second-order valence-corrected chi connectivity index (χ2v) is 10.7. The molecule has 198 valence electrons. The van der Waals surface area contributed by atoms with Gasteiger partial charge < -0.3 is 15.0 Å². The molecular weight excluding hydrogens is 478 g/mol. The van der Waals surface area contributed by atoms with E-state index in [-0.39, 0.29) is 24.8 Å². The van der Waals surface area contributed by atoms with Gasteiger partial charge in [0.15, 0.2) is 0 Å². The maximum Gasteiger partial charge on any atom is 0.242 e. The molecule has 8 nitrogen and oxygen atoms in total. The van der Waals surface area contributed by atoms with E-state index in [1.54, 1.807) is 36.1 Å². The molecule has 1 atom stereocenters. The number of anilines is 1. The van der Waals surface area contributed by atoms with E-state index in [1.807, 2.05) is 45.0 Å². The van der Waals surface area contributed by atoms with Crippen LogP contribution in [-0.2, 0) is 26.2 Å². The minimum absolute atomic E-state index is 0.111. The summed E-state index contributed by atoms with van der Waals surface area (Å²) in [6, 6.07) is 13.9. The second-order valence-electron chi connectivity index (χ2n) is 8.78. The van der Waals surface area contributed by atoms with Gasteiger partial charge in [-0.25, -0.2) is 8.42 Å². The van der Waals surface area contributed by atoms with E-state index in [1.165, 1.54) is 4.31 Å². The van der Waals surface area contributed by atoms with Crippen LogP contribution in [0, 0.1) is 6.92 Å². The van der Waals surface area contributed by atoms with Gasteiger partial charge in [-0.2, -0.15) is 0 Å².